The van der Waals surface area contributed by atoms with Crippen LogP contribution in [-0.4, -0.2) is 13.2 Å². The van der Waals surface area contributed by atoms with E-state index in [2.05, 4.69) is 52.8 Å². The number of hydrogen-bond donors (Lipinski definition) is 1. The van der Waals surface area contributed by atoms with Gasteiger partial charge in [0.15, 0.2) is 0 Å². The Morgan fingerprint density at radius 3 is 2.50 bits per heavy atom. The van der Waals surface area contributed by atoms with E-state index < -0.39 is 0 Å². The van der Waals surface area contributed by atoms with Crippen LogP contribution in [-0.2, 0) is 5.41 Å². The highest BCUT2D eigenvalue weighted by Gasteiger charge is 2.20. The highest BCUT2D eigenvalue weighted by atomic mass is 16.5. The first kappa shape index (κ1) is 17.0. The van der Waals surface area contributed by atoms with Crippen LogP contribution >= 0.6 is 0 Å². The van der Waals surface area contributed by atoms with Crippen LogP contribution in [0, 0.1) is 0 Å². The Kier molecular flexibility index (Phi) is 6.54. The second kappa shape index (κ2) is 7.68. The van der Waals surface area contributed by atoms with Crippen LogP contribution in [0.2, 0.25) is 0 Å². The summed E-state index contributed by atoms with van der Waals surface area (Å²) in [5.41, 5.74) is 8.42. The average molecular weight is 277 g/mol. The summed E-state index contributed by atoms with van der Waals surface area (Å²) in [7, 11) is 0. The Morgan fingerprint density at radius 1 is 1.25 bits per heavy atom. The molecule has 1 atom stereocenters. The highest BCUT2D eigenvalue weighted by molar-refractivity contribution is 5.42. The summed E-state index contributed by atoms with van der Waals surface area (Å²) in [5.74, 6) is 1.59. The number of nitrogens with two attached hydrogens (primary N) is 1. The predicted octanol–water partition coefficient (Wildman–Crippen LogP) is 4.62. The molecule has 1 rings (SSSR count). The van der Waals surface area contributed by atoms with Crippen molar-refractivity contribution in [3.8, 4) is 5.75 Å². The molecule has 0 amide bonds. The van der Waals surface area contributed by atoms with Crippen molar-refractivity contribution < 1.29 is 4.74 Å². The van der Waals surface area contributed by atoms with Crippen molar-refractivity contribution in [2.75, 3.05) is 13.2 Å². The minimum absolute atomic E-state index is 0.104. The summed E-state index contributed by atoms with van der Waals surface area (Å²) in [6.07, 6.45) is 3.27. The van der Waals surface area contributed by atoms with Gasteiger partial charge in [0.25, 0.3) is 0 Å². The van der Waals surface area contributed by atoms with Crippen LogP contribution in [0.15, 0.2) is 18.2 Å². The van der Waals surface area contributed by atoms with Gasteiger partial charge in [-0.25, -0.2) is 0 Å². The van der Waals surface area contributed by atoms with Gasteiger partial charge < -0.3 is 10.5 Å². The predicted molar refractivity (Wildman–Crippen MR) is 87.6 cm³/mol. The minimum Gasteiger partial charge on any atom is -0.493 e. The van der Waals surface area contributed by atoms with E-state index in [1.807, 2.05) is 0 Å². The second-order valence-electron chi connectivity index (χ2n) is 6.69. The topological polar surface area (TPSA) is 35.2 Å². The molecule has 0 heterocycles. The van der Waals surface area contributed by atoms with E-state index >= 15 is 0 Å². The summed E-state index contributed by atoms with van der Waals surface area (Å²) in [6.45, 7) is 12.7. The third-order valence-electron chi connectivity index (χ3n) is 3.68. The summed E-state index contributed by atoms with van der Waals surface area (Å²) in [6, 6.07) is 6.68. The summed E-state index contributed by atoms with van der Waals surface area (Å²) in [5, 5.41) is 0. The van der Waals surface area contributed by atoms with E-state index in [1.54, 1.807) is 0 Å². The molecule has 0 saturated heterocycles. The first-order valence-corrected chi connectivity index (χ1v) is 7.87. The molecule has 1 unspecified atom stereocenters. The Hall–Kier alpha value is -1.02. The lowest BCUT2D eigenvalue weighted by Crippen LogP contribution is -2.15. The molecule has 2 N–H and O–H groups in total. The lowest BCUT2D eigenvalue weighted by Gasteiger charge is -2.25. The molecule has 2 nitrogen and oxygen atoms in total. The first-order chi connectivity index (χ1) is 9.40. The van der Waals surface area contributed by atoms with Gasteiger partial charge in [-0.15, -0.1) is 0 Å². The zero-order valence-corrected chi connectivity index (χ0v) is 13.8. The second-order valence-corrected chi connectivity index (χ2v) is 6.69. The molecule has 0 fully saturated rings. The molecule has 20 heavy (non-hydrogen) atoms. The van der Waals surface area contributed by atoms with Crippen LogP contribution in [0.1, 0.15) is 70.9 Å². The van der Waals surface area contributed by atoms with E-state index in [9.17, 15) is 0 Å². The van der Waals surface area contributed by atoms with Gasteiger partial charge >= 0.3 is 0 Å². The minimum atomic E-state index is 0.104. The third kappa shape index (κ3) is 4.82. The summed E-state index contributed by atoms with van der Waals surface area (Å²) in [4.78, 5) is 0. The van der Waals surface area contributed by atoms with Gasteiger partial charge in [0.1, 0.15) is 5.75 Å². The van der Waals surface area contributed by atoms with Crippen LogP contribution in [0.25, 0.3) is 0 Å². The smallest absolute Gasteiger partial charge is 0.123 e. The van der Waals surface area contributed by atoms with Gasteiger partial charge in [-0.2, -0.15) is 0 Å². The maximum Gasteiger partial charge on any atom is 0.123 e. The van der Waals surface area contributed by atoms with Crippen LogP contribution < -0.4 is 10.5 Å². The van der Waals surface area contributed by atoms with Crippen molar-refractivity contribution in [3.63, 3.8) is 0 Å². The molecule has 0 aliphatic carbocycles. The van der Waals surface area contributed by atoms with Crippen LogP contribution in [0.3, 0.4) is 0 Å². The maximum absolute atomic E-state index is 5.91. The van der Waals surface area contributed by atoms with Gasteiger partial charge in [-0.1, -0.05) is 46.8 Å². The number of ether oxygens (including phenoxy) is 1. The van der Waals surface area contributed by atoms with E-state index in [4.69, 9.17) is 10.5 Å². The van der Waals surface area contributed by atoms with E-state index in [0.29, 0.717) is 5.92 Å². The lowest BCUT2D eigenvalue weighted by molar-refractivity contribution is 0.308. The lowest BCUT2D eigenvalue weighted by atomic mass is 9.83. The van der Waals surface area contributed by atoms with Crippen molar-refractivity contribution in [3.05, 3.63) is 29.3 Å². The molecule has 0 aliphatic heterocycles. The molecule has 2 heteroatoms. The SMILES string of the molecule is CCCOc1ccc(C(C)CCCN)cc1C(C)(C)C. The molecule has 0 saturated carbocycles. The fraction of sp³-hybridized carbons (Fsp3) is 0.667. The quantitative estimate of drug-likeness (QED) is 0.789. The van der Waals surface area contributed by atoms with E-state index in [-0.39, 0.29) is 5.41 Å². The monoisotopic (exact) mass is 277 g/mol. The van der Waals surface area contributed by atoms with Gasteiger partial charge in [-0.3, -0.25) is 0 Å². The molecule has 0 aromatic heterocycles. The number of benzene rings is 1. The molecular weight excluding hydrogens is 246 g/mol. The molecule has 0 spiro atoms. The fourth-order valence-corrected chi connectivity index (χ4v) is 2.37. The third-order valence-corrected chi connectivity index (χ3v) is 3.68. The Bertz CT molecular complexity index is 406. The van der Waals surface area contributed by atoms with Crippen molar-refractivity contribution >= 4 is 0 Å². The number of rotatable bonds is 7. The average Bonchev–Trinajstić information content (AvgIpc) is 2.41. The fourth-order valence-electron chi connectivity index (χ4n) is 2.37. The first-order valence-electron chi connectivity index (χ1n) is 7.87. The molecule has 1 aromatic carbocycles. The van der Waals surface area contributed by atoms with Gasteiger partial charge in [0, 0.05) is 0 Å². The molecule has 0 aliphatic rings. The Morgan fingerprint density at radius 2 is 1.95 bits per heavy atom. The highest BCUT2D eigenvalue weighted by Crippen LogP contribution is 2.34. The number of hydrogen-bond acceptors (Lipinski definition) is 2. The summed E-state index contributed by atoms with van der Waals surface area (Å²) < 4.78 is 5.91. The van der Waals surface area contributed by atoms with Gasteiger partial charge in [-0.05, 0) is 54.3 Å². The zero-order chi connectivity index (χ0) is 15.2. The van der Waals surface area contributed by atoms with Crippen molar-refractivity contribution in [2.45, 2.75) is 65.2 Å². The van der Waals surface area contributed by atoms with Crippen molar-refractivity contribution in [1.29, 1.82) is 0 Å². The Labute approximate surface area is 124 Å². The molecule has 114 valence electrons. The molecule has 0 radical (unpaired) electrons. The molecular formula is C18H31NO. The Balaban J connectivity index is 3.01. The van der Waals surface area contributed by atoms with Crippen LogP contribution in [0.4, 0.5) is 0 Å². The van der Waals surface area contributed by atoms with Gasteiger partial charge in [0.2, 0.25) is 0 Å². The zero-order valence-electron chi connectivity index (χ0n) is 13.8. The maximum atomic E-state index is 5.91. The van der Waals surface area contributed by atoms with E-state index in [1.165, 1.54) is 11.1 Å². The normalized spacial score (nSPS) is 13.3. The largest absolute Gasteiger partial charge is 0.493 e. The van der Waals surface area contributed by atoms with Gasteiger partial charge in [0.05, 0.1) is 6.61 Å². The van der Waals surface area contributed by atoms with Crippen LogP contribution in [0.5, 0.6) is 5.75 Å². The van der Waals surface area contributed by atoms with Crippen molar-refractivity contribution in [2.24, 2.45) is 5.73 Å². The van der Waals surface area contributed by atoms with Crippen molar-refractivity contribution in [1.82, 2.24) is 0 Å². The summed E-state index contributed by atoms with van der Waals surface area (Å²) >= 11 is 0. The standard InChI is InChI=1S/C18H31NO/c1-6-12-20-17-10-9-15(14(2)8-7-11-19)13-16(17)18(3,4)5/h9-10,13-14H,6-8,11-12,19H2,1-5H3. The molecule has 0 bridgehead atoms. The van der Waals surface area contributed by atoms with E-state index in [0.717, 1.165) is 38.2 Å². The molecule has 1 aromatic rings.